The number of nitrogens with zero attached hydrogens (tertiary/aromatic N) is 4. The fourth-order valence-corrected chi connectivity index (χ4v) is 7.04. The predicted octanol–water partition coefficient (Wildman–Crippen LogP) is 4.87. The van der Waals surface area contributed by atoms with Gasteiger partial charge in [-0.25, -0.2) is 4.79 Å². The maximum Gasteiger partial charge on any atom is 0.328 e. The summed E-state index contributed by atoms with van der Waals surface area (Å²) >= 11 is 0. The van der Waals surface area contributed by atoms with Crippen molar-refractivity contribution in [2.24, 2.45) is 17.3 Å². The Labute approximate surface area is 214 Å². The molecule has 2 aliphatic heterocycles. The molecule has 0 N–H and O–H groups in total. The Hall–Kier alpha value is -2.99. The van der Waals surface area contributed by atoms with Gasteiger partial charge in [0.2, 0.25) is 0 Å². The second kappa shape index (κ2) is 8.84. The molecule has 7 rings (SSSR count). The van der Waals surface area contributed by atoms with Crippen LogP contribution in [0.2, 0.25) is 0 Å². The summed E-state index contributed by atoms with van der Waals surface area (Å²) in [5, 5.41) is 0. The van der Waals surface area contributed by atoms with Crippen LogP contribution >= 0.6 is 0 Å². The van der Waals surface area contributed by atoms with Gasteiger partial charge in [0, 0.05) is 32.4 Å². The Morgan fingerprint density at radius 3 is 2.36 bits per heavy atom. The second-order valence-electron chi connectivity index (χ2n) is 11.7. The Bertz CT molecular complexity index is 1170. The first-order valence-corrected chi connectivity index (χ1v) is 13.4. The van der Waals surface area contributed by atoms with Crippen molar-refractivity contribution < 1.29 is 9.59 Å². The first kappa shape index (κ1) is 23.4. The molecule has 2 bridgehead atoms. The number of aromatic nitrogens is 1. The van der Waals surface area contributed by atoms with Gasteiger partial charge in [-0.3, -0.25) is 19.6 Å². The first-order chi connectivity index (χ1) is 17.4. The van der Waals surface area contributed by atoms with Gasteiger partial charge in [0.15, 0.2) is 0 Å². The van der Waals surface area contributed by atoms with Crippen LogP contribution in [0.3, 0.4) is 0 Å². The van der Waals surface area contributed by atoms with Gasteiger partial charge in [-0.15, -0.1) is 0 Å². The van der Waals surface area contributed by atoms with E-state index in [-0.39, 0.29) is 18.5 Å². The molecule has 3 amide bonds. The molecule has 36 heavy (non-hydrogen) atoms. The Balaban J connectivity index is 1.21. The number of allylic oxidation sites excluding steroid dienone is 1. The zero-order chi connectivity index (χ0) is 24.9. The van der Waals surface area contributed by atoms with Crippen LogP contribution in [0.15, 0.2) is 66.4 Å². The number of hydrogen-bond acceptors (Lipinski definition) is 4. The number of likely N-dealkylation sites (tertiary alicyclic amines) is 1. The van der Waals surface area contributed by atoms with Crippen molar-refractivity contribution in [1.29, 1.82) is 0 Å². The average molecular weight is 485 g/mol. The Kier molecular flexibility index (Phi) is 5.75. The standard InChI is InChI=1S/C30H36N4O2/c1-29(2)24-12-11-23(26(29)18-24)20-32-16-13-30(14-17-32)27(35)33(21-25-10-6-7-15-31-25)28(36)34(30)19-22-8-4-3-5-9-22/h3-11,15,24,26H,12-14,16-21H2,1-2H3/t24-,26-/m0/s1. The van der Waals surface area contributed by atoms with E-state index in [0.717, 1.165) is 36.8 Å². The van der Waals surface area contributed by atoms with Crippen molar-refractivity contribution in [2.75, 3.05) is 19.6 Å². The van der Waals surface area contributed by atoms with Crippen LogP contribution in [0.25, 0.3) is 0 Å². The number of rotatable bonds is 6. The number of benzene rings is 1. The second-order valence-corrected chi connectivity index (χ2v) is 11.7. The highest BCUT2D eigenvalue weighted by molar-refractivity contribution is 6.07. The van der Waals surface area contributed by atoms with Gasteiger partial charge < -0.3 is 4.90 Å². The summed E-state index contributed by atoms with van der Waals surface area (Å²) in [7, 11) is 0. The topological polar surface area (TPSA) is 56.8 Å². The molecule has 1 saturated carbocycles. The van der Waals surface area contributed by atoms with Crippen molar-refractivity contribution in [3.05, 3.63) is 77.6 Å². The molecule has 1 spiro atoms. The van der Waals surface area contributed by atoms with Crippen LogP contribution in [0.4, 0.5) is 4.79 Å². The molecule has 3 heterocycles. The summed E-state index contributed by atoms with van der Waals surface area (Å²) in [6, 6.07) is 15.5. The molecule has 1 aromatic heterocycles. The maximum atomic E-state index is 13.9. The van der Waals surface area contributed by atoms with E-state index in [1.165, 1.54) is 17.7 Å². The highest BCUT2D eigenvalue weighted by atomic mass is 16.2. The van der Waals surface area contributed by atoms with E-state index in [4.69, 9.17) is 0 Å². The lowest BCUT2D eigenvalue weighted by Gasteiger charge is -2.57. The molecule has 3 fully saturated rings. The minimum atomic E-state index is -0.778. The number of carbonyl (C=O) groups excluding carboxylic acids is 2. The number of amides is 3. The Morgan fingerprint density at radius 2 is 1.69 bits per heavy atom. The van der Waals surface area contributed by atoms with Gasteiger partial charge >= 0.3 is 6.03 Å². The number of imide groups is 1. The number of fused-ring (bicyclic) bond motifs is 1. The van der Waals surface area contributed by atoms with E-state index in [9.17, 15) is 9.59 Å². The zero-order valence-electron chi connectivity index (χ0n) is 21.4. The van der Waals surface area contributed by atoms with Crippen molar-refractivity contribution in [1.82, 2.24) is 19.7 Å². The summed E-state index contributed by atoms with van der Waals surface area (Å²) in [5.74, 6) is 1.48. The first-order valence-electron chi connectivity index (χ1n) is 13.4. The molecule has 3 aliphatic carbocycles. The van der Waals surface area contributed by atoms with E-state index in [1.807, 2.05) is 53.4 Å². The van der Waals surface area contributed by atoms with Crippen LogP contribution in [0, 0.1) is 17.3 Å². The molecular weight excluding hydrogens is 448 g/mol. The average Bonchev–Trinajstić information content (AvgIpc) is 3.08. The van der Waals surface area contributed by atoms with E-state index < -0.39 is 5.54 Å². The van der Waals surface area contributed by atoms with Crippen LogP contribution in [-0.2, 0) is 17.9 Å². The van der Waals surface area contributed by atoms with Crippen molar-refractivity contribution >= 4 is 11.9 Å². The molecule has 1 aromatic carbocycles. The third-order valence-electron chi connectivity index (χ3n) is 9.52. The highest BCUT2D eigenvalue weighted by Gasteiger charge is 2.58. The van der Waals surface area contributed by atoms with Gasteiger partial charge in [0.25, 0.3) is 5.91 Å². The summed E-state index contributed by atoms with van der Waals surface area (Å²) < 4.78 is 0. The summed E-state index contributed by atoms with van der Waals surface area (Å²) in [4.78, 5) is 37.8. The van der Waals surface area contributed by atoms with Gasteiger partial charge in [-0.05, 0) is 60.6 Å². The number of hydrogen-bond donors (Lipinski definition) is 0. The van der Waals surface area contributed by atoms with Crippen LogP contribution in [0.1, 0.15) is 50.8 Å². The third kappa shape index (κ3) is 3.78. The molecular formula is C30H36N4O2. The van der Waals surface area contributed by atoms with E-state index in [1.54, 1.807) is 11.8 Å². The SMILES string of the molecule is CC1(C)[C@H]2CC=C(CN3CCC4(CC3)C(=O)N(Cc3ccccn3)C(=O)N4Cc3ccccc3)[C@@H]1C2. The lowest BCUT2D eigenvalue weighted by molar-refractivity contribution is -0.136. The van der Waals surface area contributed by atoms with Gasteiger partial charge in [-0.2, -0.15) is 0 Å². The summed E-state index contributed by atoms with van der Waals surface area (Å²) in [5.41, 5.74) is 3.02. The predicted molar refractivity (Wildman–Crippen MR) is 139 cm³/mol. The summed E-state index contributed by atoms with van der Waals surface area (Å²) in [6.07, 6.45) is 8.07. The van der Waals surface area contributed by atoms with Crippen molar-refractivity contribution in [3.63, 3.8) is 0 Å². The monoisotopic (exact) mass is 484 g/mol. The van der Waals surface area contributed by atoms with Crippen molar-refractivity contribution in [2.45, 2.75) is 58.2 Å². The number of piperidine rings is 1. The van der Waals surface area contributed by atoms with Crippen LogP contribution in [0.5, 0.6) is 0 Å². The zero-order valence-corrected chi connectivity index (χ0v) is 21.4. The molecule has 0 radical (unpaired) electrons. The fraction of sp³-hybridized carbons (Fsp3) is 0.500. The molecule has 6 nitrogen and oxygen atoms in total. The number of urea groups is 1. The van der Waals surface area contributed by atoms with Crippen LogP contribution < -0.4 is 0 Å². The van der Waals surface area contributed by atoms with Crippen molar-refractivity contribution in [3.8, 4) is 0 Å². The quantitative estimate of drug-likeness (QED) is 0.434. The minimum Gasteiger partial charge on any atom is -0.305 e. The number of carbonyl (C=O) groups is 2. The molecule has 6 heteroatoms. The van der Waals surface area contributed by atoms with E-state index in [0.29, 0.717) is 30.7 Å². The molecule has 2 aromatic rings. The molecule has 2 saturated heterocycles. The number of pyridine rings is 1. The van der Waals surface area contributed by atoms with Gasteiger partial charge in [0.05, 0.1) is 12.2 Å². The largest absolute Gasteiger partial charge is 0.328 e. The summed E-state index contributed by atoms with van der Waals surface area (Å²) in [6.45, 7) is 8.17. The normalized spacial score (nSPS) is 26.8. The smallest absolute Gasteiger partial charge is 0.305 e. The molecule has 5 aliphatic rings. The van der Waals surface area contributed by atoms with E-state index in [2.05, 4.69) is 29.8 Å². The van der Waals surface area contributed by atoms with Gasteiger partial charge in [-0.1, -0.05) is 61.9 Å². The molecule has 188 valence electrons. The lowest BCUT2D eigenvalue weighted by atomic mass is 9.49. The van der Waals surface area contributed by atoms with E-state index >= 15 is 0 Å². The van der Waals surface area contributed by atoms with Crippen LogP contribution in [-0.4, -0.2) is 56.8 Å². The molecule has 2 atom stereocenters. The highest BCUT2D eigenvalue weighted by Crippen LogP contribution is 2.59. The molecule has 0 unspecified atom stereocenters. The maximum absolute atomic E-state index is 13.9. The lowest BCUT2D eigenvalue weighted by Crippen LogP contribution is -2.57. The van der Waals surface area contributed by atoms with Gasteiger partial charge in [0.1, 0.15) is 5.54 Å². The fourth-order valence-electron chi connectivity index (χ4n) is 7.04. The minimum absolute atomic E-state index is 0.0615. The third-order valence-corrected chi connectivity index (χ3v) is 9.52. The Morgan fingerprint density at radius 1 is 0.944 bits per heavy atom.